The molecule has 3 aromatic rings. The third-order valence-corrected chi connectivity index (χ3v) is 4.48. The topological polar surface area (TPSA) is 67.2 Å². The maximum atomic E-state index is 12.6. The van der Waals surface area contributed by atoms with Crippen molar-refractivity contribution in [2.45, 2.75) is 26.9 Å². The van der Waals surface area contributed by atoms with E-state index in [0.29, 0.717) is 5.56 Å². The molecule has 2 heterocycles. The number of amides is 1. The van der Waals surface area contributed by atoms with Crippen LogP contribution in [-0.2, 0) is 0 Å². The van der Waals surface area contributed by atoms with Gasteiger partial charge < -0.3 is 15.0 Å². The molecule has 0 saturated carbocycles. The molecule has 0 radical (unpaired) electrons. The predicted molar refractivity (Wildman–Crippen MR) is 102 cm³/mol. The lowest BCUT2D eigenvalue weighted by atomic mass is 10.1. The summed E-state index contributed by atoms with van der Waals surface area (Å²) in [4.78, 5) is 16.5. The molecule has 2 aromatic heterocycles. The third kappa shape index (κ3) is 3.68. The quantitative estimate of drug-likeness (QED) is 0.743. The highest BCUT2D eigenvalue weighted by molar-refractivity contribution is 5.96. The number of aliphatic hydroxyl groups is 1. The number of aromatic nitrogens is 2. The maximum Gasteiger partial charge on any atom is 0.253 e. The lowest BCUT2D eigenvalue weighted by Crippen LogP contribution is -2.28. The molecule has 1 unspecified atom stereocenters. The second-order valence-corrected chi connectivity index (χ2v) is 6.47. The highest BCUT2D eigenvalue weighted by Crippen LogP contribution is 2.21. The van der Waals surface area contributed by atoms with E-state index in [9.17, 15) is 9.90 Å². The predicted octanol–water partition coefficient (Wildman–Crippen LogP) is 3.26. The number of benzene rings is 1. The van der Waals surface area contributed by atoms with Crippen LogP contribution in [0.5, 0.6) is 0 Å². The summed E-state index contributed by atoms with van der Waals surface area (Å²) in [5.74, 6) is -0.190. The number of nitrogens with zero attached hydrogens (tertiary/aromatic N) is 2. The van der Waals surface area contributed by atoms with Gasteiger partial charge in [-0.3, -0.25) is 9.78 Å². The van der Waals surface area contributed by atoms with Crippen LogP contribution in [0, 0.1) is 20.8 Å². The largest absolute Gasteiger partial charge is 0.387 e. The van der Waals surface area contributed by atoms with E-state index in [1.54, 1.807) is 24.5 Å². The molecule has 26 heavy (non-hydrogen) atoms. The van der Waals surface area contributed by atoms with E-state index in [4.69, 9.17) is 0 Å². The van der Waals surface area contributed by atoms with Gasteiger partial charge in [-0.2, -0.15) is 0 Å². The van der Waals surface area contributed by atoms with Crippen LogP contribution in [-0.4, -0.2) is 27.1 Å². The van der Waals surface area contributed by atoms with Crippen LogP contribution in [0.3, 0.4) is 0 Å². The second kappa shape index (κ2) is 7.54. The first-order valence-electron chi connectivity index (χ1n) is 8.59. The number of aryl methyl sites for hydroxylation is 2. The number of hydrogen-bond acceptors (Lipinski definition) is 3. The van der Waals surface area contributed by atoms with Gasteiger partial charge in [0.05, 0.1) is 11.7 Å². The van der Waals surface area contributed by atoms with E-state index in [2.05, 4.69) is 20.9 Å². The molecule has 0 aliphatic heterocycles. The second-order valence-electron chi connectivity index (χ2n) is 6.47. The Balaban J connectivity index is 1.77. The van der Waals surface area contributed by atoms with Crippen molar-refractivity contribution in [3.05, 3.63) is 82.9 Å². The van der Waals surface area contributed by atoms with Crippen molar-refractivity contribution in [3.8, 4) is 5.69 Å². The van der Waals surface area contributed by atoms with Crippen molar-refractivity contribution >= 4 is 5.91 Å². The van der Waals surface area contributed by atoms with E-state index in [0.717, 1.165) is 22.6 Å². The number of pyridine rings is 1. The minimum absolute atomic E-state index is 0.150. The van der Waals surface area contributed by atoms with Crippen LogP contribution in [0.4, 0.5) is 0 Å². The van der Waals surface area contributed by atoms with Gasteiger partial charge in [-0.15, -0.1) is 0 Å². The fourth-order valence-corrected chi connectivity index (χ4v) is 3.15. The van der Waals surface area contributed by atoms with Crippen LogP contribution in [0.1, 0.15) is 39.0 Å². The number of hydrogen-bond donors (Lipinski definition) is 2. The summed E-state index contributed by atoms with van der Waals surface area (Å²) < 4.78 is 2.07. The molecule has 1 amide bonds. The van der Waals surface area contributed by atoms with Gasteiger partial charge in [0.2, 0.25) is 0 Å². The molecule has 1 atom stereocenters. The zero-order valence-electron chi connectivity index (χ0n) is 15.2. The van der Waals surface area contributed by atoms with Crippen molar-refractivity contribution in [1.29, 1.82) is 0 Å². The Morgan fingerprint density at radius 2 is 1.88 bits per heavy atom. The van der Waals surface area contributed by atoms with Gasteiger partial charge in [0.25, 0.3) is 5.91 Å². The van der Waals surface area contributed by atoms with Gasteiger partial charge in [-0.05, 0) is 62.2 Å². The minimum atomic E-state index is -0.762. The maximum absolute atomic E-state index is 12.6. The summed E-state index contributed by atoms with van der Waals surface area (Å²) in [5, 5.41) is 13.0. The molecular weight excluding hydrogens is 326 g/mol. The first kappa shape index (κ1) is 17.9. The number of carbonyl (C=O) groups excluding carboxylic acids is 1. The molecule has 0 bridgehead atoms. The Kier molecular flexibility index (Phi) is 5.19. The number of aliphatic hydroxyl groups excluding tert-OH is 1. The van der Waals surface area contributed by atoms with E-state index in [1.807, 2.05) is 45.0 Å². The molecule has 0 saturated heterocycles. The van der Waals surface area contributed by atoms with E-state index in [1.165, 1.54) is 5.56 Å². The Bertz CT molecular complexity index is 916. The van der Waals surface area contributed by atoms with E-state index >= 15 is 0 Å². The zero-order valence-corrected chi connectivity index (χ0v) is 15.2. The van der Waals surface area contributed by atoms with Gasteiger partial charge in [0, 0.05) is 36.0 Å². The summed E-state index contributed by atoms with van der Waals surface area (Å²) in [6, 6.07) is 13.5. The van der Waals surface area contributed by atoms with E-state index < -0.39 is 6.10 Å². The lowest BCUT2D eigenvalue weighted by molar-refractivity contribution is 0.0915. The Morgan fingerprint density at radius 3 is 2.58 bits per heavy atom. The minimum Gasteiger partial charge on any atom is -0.387 e. The number of carbonyl (C=O) groups is 1. The lowest BCUT2D eigenvalue weighted by Gasteiger charge is -2.13. The Hall–Kier alpha value is -2.92. The van der Waals surface area contributed by atoms with Gasteiger partial charge in [0.1, 0.15) is 0 Å². The molecule has 0 fully saturated rings. The van der Waals surface area contributed by atoms with Crippen molar-refractivity contribution < 1.29 is 9.90 Å². The molecule has 0 aliphatic carbocycles. The normalized spacial score (nSPS) is 12.0. The molecule has 0 aliphatic rings. The van der Waals surface area contributed by atoms with Crippen molar-refractivity contribution in [3.63, 3.8) is 0 Å². The molecule has 1 aromatic carbocycles. The zero-order chi connectivity index (χ0) is 18.7. The first-order chi connectivity index (χ1) is 12.5. The van der Waals surface area contributed by atoms with E-state index in [-0.39, 0.29) is 12.5 Å². The summed E-state index contributed by atoms with van der Waals surface area (Å²) in [7, 11) is 0. The summed E-state index contributed by atoms with van der Waals surface area (Å²) in [6.45, 7) is 6.12. The highest BCUT2D eigenvalue weighted by atomic mass is 16.3. The molecule has 2 N–H and O–H groups in total. The molecule has 0 spiro atoms. The average molecular weight is 349 g/mol. The van der Waals surface area contributed by atoms with Crippen molar-refractivity contribution in [2.24, 2.45) is 0 Å². The van der Waals surface area contributed by atoms with Crippen LogP contribution >= 0.6 is 0 Å². The molecule has 5 nitrogen and oxygen atoms in total. The Labute approximate surface area is 153 Å². The fraction of sp³-hybridized carbons (Fsp3) is 0.238. The van der Waals surface area contributed by atoms with Gasteiger partial charge >= 0.3 is 0 Å². The monoisotopic (exact) mass is 349 g/mol. The van der Waals surface area contributed by atoms with Crippen LogP contribution in [0.25, 0.3) is 5.69 Å². The summed E-state index contributed by atoms with van der Waals surface area (Å²) >= 11 is 0. The van der Waals surface area contributed by atoms with Crippen molar-refractivity contribution in [2.75, 3.05) is 6.54 Å². The SMILES string of the molecule is Cc1cccc(-n2c(C)cc(C(=O)NCC(O)c3ccncc3)c2C)c1. The molecule has 5 heteroatoms. The fourth-order valence-electron chi connectivity index (χ4n) is 3.15. The van der Waals surface area contributed by atoms with Gasteiger partial charge in [-0.1, -0.05) is 12.1 Å². The third-order valence-electron chi connectivity index (χ3n) is 4.48. The van der Waals surface area contributed by atoms with Crippen LogP contribution < -0.4 is 5.32 Å². The smallest absolute Gasteiger partial charge is 0.253 e. The van der Waals surface area contributed by atoms with Gasteiger partial charge in [0.15, 0.2) is 0 Å². The number of rotatable bonds is 5. The van der Waals surface area contributed by atoms with Crippen molar-refractivity contribution in [1.82, 2.24) is 14.9 Å². The first-order valence-corrected chi connectivity index (χ1v) is 8.59. The standard InChI is InChI=1S/C21H23N3O2/c1-14-5-4-6-18(11-14)24-15(2)12-19(16(24)3)21(26)23-13-20(25)17-7-9-22-10-8-17/h4-12,20,25H,13H2,1-3H3,(H,23,26). The van der Waals surface area contributed by atoms with Crippen LogP contribution in [0.2, 0.25) is 0 Å². The summed E-state index contributed by atoms with van der Waals surface area (Å²) in [6.07, 6.45) is 2.48. The average Bonchev–Trinajstić information content (AvgIpc) is 2.94. The Morgan fingerprint density at radius 1 is 1.15 bits per heavy atom. The van der Waals surface area contributed by atoms with Crippen LogP contribution in [0.15, 0.2) is 54.9 Å². The number of nitrogens with one attached hydrogen (secondary N) is 1. The summed E-state index contributed by atoms with van der Waals surface area (Å²) in [5.41, 5.74) is 5.42. The van der Waals surface area contributed by atoms with Gasteiger partial charge in [-0.25, -0.2) is 0 Å². The molecular formula is C21H23N3O2. The molecule has 134 valence electrons. The molecule has 3 rings (SSSR count). The highest BCUT2D eigenvalue weighted by Gasteiger charge is 2.18.